The summed E-state index contributed by atoms with van der Waals surface area (Å²) < 4.78 is 42.7. The average molecular weight is 621 g/mol. The molecule has 6 rings (SSSR count). The van der Waals surface area contributed by atoms with Crippen molar-refractivity contribution < 1.29 is 27.5 Å². The molecule has 9 nitrogen and oxygen atoms in total. The number of anilines is 1. The van der Waals surface area contributed by atoms with Crippen molar-refractivity contribution in [2.45, 2.75) is 45.5 Å². The van der Waals surface area contributed by atoms with Crippen molar-refractivity contribution in [3.05, 3.63) is 89.2 Å². The lowest BCUT2D eigenvalue weighted by Crippen LogP contribution is -2.36. The molecule has 1 aromatic heterocycles. The standard InChI is InChI=1S/C31H27F3N6O3S/c1-18-14-19(2)26(20(3)15-18)40-25(41)16-44-29(40)36-28(42)37-30(12-13-30)22-6-4-21(5-7-22)27-35-17-39(38-27)23-8-10-24(11-9-23)43-31(32,33)34/h4-11,14-15,17H,12-13,16H2,1-3H3,(H,37,42). The number of hydrogen-bond acceptors (Lipinski definition) is 6. The van der Waals surface area contributed by atoms with Crippen LogP contribution in [-0.2, 0) is 10.3 Å². The van der Waals surface area contributed by atoms with Crippen molar-refractivity contribution in [2.75, 3.05) is 10.7 Å². The van der Waals surface area contributed by atoms with Crippen molar-refractivity contribution in [1.82, 2.24) is 20.1 Å². The van der Waals surface area contributed by atoms with Crippen LogP contribution in [0.4, 0.5) is 23.7 Å². The van der Waals surface area contributed by atoms with Crippen LogP contribution in [0.25, 0.3) is 17.1 Å². The van der Waals surface area contributed by atoms with Crippen LogP contribution in [-0.4, -0.2) is 44.0 Å². The second-order valence-corrected chi connectivity index (χ2v) is 11.7. The Labute approximate surface area is 255 Å². The minimum Gasteiger partial charge on any atom is -0.406 e. The number of urea groups is 1. The van der Waals surface area contributed by atoms with Gasteiger partial charge in [-0.3, -0.25) is 9.69 Å². The molecule has 1 N–H and O–H groups in total. The van der Waals surface area contributed by atoms with Crippen LogP contribution in [0.15, 0.2) is 72.0 Å². The van der Waals surface area contributed by atoms with Gasteiger partial charge in [0.05, 0.1) is 22.7 Å². The minimum atomic E-state index is -4.76. The van der Waals surface area contributed by atoms with Gasteiger partial charge >= 0.3 is 12.4 Å². The summed E-state index contributed by atoms with van der Waals surface area (Å²) in [5.41, 5.74) is 5.34. The Hall–Kier alpha value is -4.65. The molecule has 0 bridgehead atoms. The number of alkyl halides is 3. The van der Waals surface area contributed by atoms with Crippen LogP contribution in [0.5, 0.6) is 5.75 Å². The lowest BCUT2D eigenvalue weighted by Gasteiger charge is -2.22. The third kappa shape index (κ3) is 6.05. The van der Waals surface area contributed by atoms with Gasteiger partial charge in [-0.05, 0) is 74.6 Å². The number of carbonyl (C=O) groups is 2. The van der Waals surface area contributed by atoms with Gasteiger partial charge in [0.25, 0.3) is 0 Å². The van der Waals surface area contributed by atoms with Gasteiger partial charge in [-0.15, -0.1) is 18.3 Å². The van der Waals surface area contributed by atoms with Gasteiger partial charge in [-0.25, -0.2) is 14.5 Å². The second kappa shape index (κ2) is 11.1. The van der Waals surface area contributed by atoms with Gasteiger partial charge in [0.2, 0.25) is 5.91 Å². The molecule has 0 spiro atoms. The Morgan fingerprint density at radius 3 is 2.30 bits per heavy atom. The summed E-state index contributed by atoms with van der Waals surface area (Å²) >= 11 is 1.25. The predicted octanol–water partition coefficient (Wildman–Crippen LogP) is 6.59. The smallest absolute Gasteiger partial charge is 0.406 e. The fraction of sp³-hybridized carbons (Fsp3) is 0.258. The lowest BCUT2D eigenvalue weighted by atomic mass is 10.0. The normalized spacial score (nSPS) is 16.8. The Kier molecular flexibility index (Phi) is 7.44. The first-order chi connectivity index (χ1) is 20.9. The molecular formula is C31H27F3N6O3S. The van der Waals surface area contributed by atoms with E-state index >= 15 is 0 Å². The van der Waals surface area contributed by atoms with Crippen LogP contribution in [0.2, 0.25) is 0 Å². The van der Waals surface area contributed by atoms with Gasteiger partial charge in [0.15, 0.2) is 11.0 Å². The third-order valence-corrected chi connectivity index (χ3v) is 8.36. The highest BCUT2D eigenvalue weighted by Crippen LogP contribution is 2.46. The summed E-state index contributed by atoms with van der Waals surface area (Å²) in [7, 11) is 0. The van der Waals surface area contributed by atoms with E-state index in [0.717, 1.165) is 46.3 Å². The van der Waals surface area contributed by atoms with Crippen molar-refractivity contribution in [1.29, 1.82) is 0 Å². The SMILES string of the molecule is Cc1cc(C)c(N2C(=O)CSC2=NC(=O)NC2(c3ccc(-c4ncn(-c5ccc(OC(F)(F)F)cc5)n4)cc3)CC2)c(C)c1. The van der Waals surface area contributed by atoms with Crippen LogP contribution >= 0.6 is 11.8 Å². The van der Waals surface area contributed by atoms with E-state index in [9.17, 15) is 22.8 Å². The van der Waals surface area contributed by atoms with E-state index < -0.39 is 17.9 Å². The number of nitrogens with one attached hydrogen (secondary N) is 1. The van der Waals surface area contributed by atoms with Crippen LogP contribution in [0.3, 0.4) is 0 Å². The van der Waals surface area contributed by atoms with Gasteiger partial charge in [-0.1, -0.05) is 53.7 Å². The van der Waals surface area contributed by atoms with Gasteiger partial charge in [0, 0.05) is 5.56 Å². The maximum absolute atomic E-state index is 13.1. The topological polar surface area (TPSA) is 102 Å². The number of thioether (sulfide) groups is 1. The molecule has 1 saturated carbocycles. The van der Waals surface area contributed by atoms with E-state index in [4.69, 9.17) is 0 Å². The number of carbonyl (C=O) groups excluding carboxylic acids is 2. The second-order valence-electron chi connectivity index (χ2n) is 10.8. The summed E-state index contributed by atoms with van der Waals surface area (Å²) in [6.45, 7) is 5.89. The third-order valence-electron chi connectivity index (χ3n) is 7.44. The highest BCUT2D eigenvalue weighted by Gasteiger charge is 2.46. The molecule has 4 aromatic rings. The molecule has 226 valence electrons. The number of amidine groups is 1. The quantitative estimate of drug-likeness (QED) is 0.261. The Morgan fingerprint density at radius 2 is 1.68 bits per heavy atom. The average Bonchev–Trinajstić information content (AvgIpc) is 3.40. The number of aromatic nitrogens is 3. The zero-order chi connectivity index (χ0) is 31.2. The summed E-state index contributed by atoms with van der Waals surface area (Å²) in [4.78, 5) is 36.1. The monoisotopic (exact) mass is 620 g/mol. The highest BCUT2D eigenvalue weighted by molar-refractivity contribution is 8.15. The number of nitrogens with zero attached hydrogens (tertiary/aromatic N) is 5. The molecule has 2 fully saturated rings. The summed E-state index contributed by atoms with van der Waals surface area (Å²) in [5, 5.41) is 7.85. The van der Waals surface area contributed by atoms with Crippen LogP contribution < -0.4 is 15.0 Å². The molecule has 2 aliphatic rings. The van der Waals surface area contributed by atoms with Crippen molar-refractivity contribution in [3.63, 3.8) is 0 Å². The molecule has 0 unspecified atom stereocenters. The molecule has 0 atom stereocenters. The Balaban J connectivity index is 1.15. The number of hydrogen-bond donors (Lipinski definition) is 1. The number of aliphatic imine (C=N–C) groups is 1. The fourth-order valence-electron chi connectivity index (χ4n) is 5.38. The highest BCUT2D eigenvalue weighted by atomic mass is 32.2. The van der Waals surface area contributed by atoms with Gasteiger partial charge < -0.3 is 10.1 Å². The van der Waals surface area contributed by atoms with E-state index in [0.29, 0.717) is 16.7 Å². The molecule has 1 aliphatic heterocycles. The first-order valence-electron chi connectivity index (χ1n) is 13.7. The van der Waals surface area contributed by atoms with Crippen molar-refractivity contribution in [2.24, 2.45) is 4.99 Å². The molecule has 1 aliphatic carbocycles. The molecule has 13 heteroatoms. The maximum Gasteiger partial charge on any atom is 0.573 e. The molecular weight excluding hydrogens is 593 g/mol. The number of aryl methyl sites for hydroxylation is 3. The van der Waals surface area contributed by atoms with Crippen LogP contribution in [0.1, 0.15) is 35.1 Å². The predicted molar refractivity (Wildman–Crippen MR) is 161 cm³/mol. The Bertz CT molecular complexity index is 1760. The maximum atomic E-state index is 13.1. The van der Waals surface area contributed by atoms with E-state index in [-0.39, 0.29) is 17.4 Å². The van der Waals surface area contributed by atoms with Gasteiger partial charge in [-0.2, -0.15) is 4.99 Å². The summed E-state index contributed by atoms with van der Waals surface area (Å²) in [5.74, 6) is 0.204. The minimum absolute atomic E-state index is 0.114. The molecule has 1 saturated heterocycles. The molecule has 44 heavy (non-hydrogen) atoms. The summed E-state index contributed by atoms with van der Waals surface area (Å²) in [6.07, 6.45) is -1.80. The van der Waals surface area contributed by atoms with Gasteiger partial charge in [0.1, 0.15) is 12.1 Å². The number of halogens is 3. The van der Waals surface area contributed by atoms with E-state index in [1.54, 1.807) is 4.90 Å². The van der Waals surface area contributed by atoms with Crippen LogP contribution in [0, 0.1) is 20.8 Å². The molecule has 3 aromatic carbocycles. The number of ether oxygens (including phenoxy) is 1. The first kappa shape index (κ1) is 29.4. The lowest BCUT2D eigenvalue weighted by molar-refractivity contribution is -0.274. The first-order valence-corrected chi connectivity index (χ1v) is 14.7. The summed E-state index contributed by atoms with van der Waals surface area (Å²) in [6, 6.07) is 16.3. The van der Waals surface area contributed by atoms with Crippen molar-refractivity contribution in [3.8, 4) is 22.8 Å². The molecule has 0 radical (unpaired) electrons. The number of benzene rings is 3. The largest absolute Gasteiger partial charge is 0.573 e. The van der Waals surface area contributed by atoms with E-state index in [1.165, 1.54) is 47.0 Å². The number of rotatable bonds is 6. The van der Waals surface area contributed by atoms with Crippen molar-refractivity contribution >= 4 is 34.6 Å². The zero-order valence-corrected chi connectivity index (χ0v) is 24.8. The van der Waals surface area contributed by atoms with E-state index in [1.807, 2.05) is 57.2 Å². The fourth-order valence-corrected chi connectivity index (χ4v) is 6.23. The molecule has 2 heterocycles. The Morgan fingerprint density at radius 1 is 1.02 bits per heavy atom. The molecule has 3 amide bonds. The van der Waals surface area contributed by atoms with E-state index in [2.05, 4.69) is 25.1 Å². The number of amides is 3. The zero-order valence-electron chi connectivity index (χ0n) is 24.0.